The van der Waals surface area contributed by atoms with Crippen molar-refractivity contribution in [2.45, 2.75) is 25.9 Å². The highest BCUT2D eigenvalue weighted by Crippen LogP contribution is 2.21. The number of hydrogen-bond acceptors (Lipinski definition) is 3. The summed E-state index contributed by atoms with van der Waals surface area (Å²) in [5.41, 5.74) is -0.476. The number of halogens is 1. The summed E-state index contributed by atoms with van der Waals surface area (Å²) in [5, 5.41) is 11.9. The molecule has 1 aromatic rings. The molecule has 0 atom stereocenters. The van der Waals surface area contributed by atoms with E-state index >= 15 is 0 Å². The molecule has 2 nitrogen and oxygen atoms in total. The van der Waals surface area contributed by atoms with E-state index in [2.05, 4.69) is 11.4 Å². The fraction of sp³-hybridized carbons (Fsp3) is 0.444. The average molecular weight is 215 g/mol. The third-order valence-corrected chi connectivity index (χ3v) is 2.84. The summed E-state index contributed by atoms with van der Waals surface area (Å²) in [5.74, 6) is 0. The van der Waals surface area contributed by atoms with Crippen molar-refractivity contribution >= 4 is 22.9 Å². The van der Waals surface area contributed by atoms with Gasteiger partial charge in [-0.1, -0.05) is 11.6 Å². The Morgan fingerprint density at radius 1 is 1.62 bits per heavy atom. The van der Waals surface area contributed by atoms with Crippen molar-refractivity contribution in [2.75, 3.05) is 0 Å². The van der Waals surface area contributed by atoms with Crippen molar-refractivity contribution in [1.82, 2.24) is 5.32 Å². The van der Waals surface area contributed by atoms with Gasteiger partial charge in [0.05, 0.1) is 10.4 Å². The molecule has 0 saturated heterocycles. The van der Waals surface area contributed by atoms with E-state index in [1.165, 1.54) is 11.3 Å². The van der Waals surface area contributed by atoms with Crippen LogP contribution in [-0.4, -0.2) is 5.54 Å². The Bertz CT molecular complexity index is 325. The van der Waals surface area contributed by atoms with Crippen LogP contribution >= 0.6 is 22.9 Å². The molecule has 70 valence electrons. The van der Waals surface area contributed by atoms with Gasteiger partial charge >= 0.3 is 0 Å². The lowest BCUT2D eigenvalue weighted by atomic mass is 10.1. The molecule has 0 unspecified atom stereocenters. The van der Waals surface area contributed by atoms with Gasteiger partial charge in [0.1, 0.15) is 5.54 Å². The van der Waals surface area contributed by atoms with Crippen LogP contribution < -0.4 is 5.32 Å². The molecule has 1 heterocycles. The van der Waals surface area contributed by atoms with Gasteiger partial charge < -0.3 is 0 Å². The highest BCUT2D eigenvalue weighted by atomic mass is 35.5. The van der Waals surface area contributed by atoms with Crippen LogP contribution in [0.4, 0.5) is 0 Å². The quantitative estimate of drug-likeness (QED) is 0.840. The number of nitriles is 1. The van der Waals surface area contributed by atoms with Gasteiger partial charge in [0.25, 0.3) is 0 Å². The second kappa shape index (κ2) is 4.10. The molecule has 0 fully saturated rings. The molecule has 0 spiro atoms. The van der Waals surface area contributed by atoms with E-state index in [0.717, 1.165) is 9.21 Å². The molecule has 0 amide bonds. The summed E-state index contributed by atoms with van der Waals surface area (Å²) < 4.78 is 0.784. The van der Waals surface area contributed by atoms with Gasteiger partial charge in [-0.2, -0.15) is 5.26 Å². The number of thiophene rings is 1. The van der Waals surface area contributed by atoms with Crippen LogP contribution in [0.25, 0.3) is 0 Å². The van der Waals surface area contributed by atoms with Crippen molar-refractivity contribution in [3.63, 3.8) is 0 Å². The topological polar surface area (TPSA) is 35.8 Å². The van der Waals surface area contributed by atoms with Crippen LogP contribution in [0.15, 0.2) is 12.1 Å². The maximum atomic E-state index is 8.74. The zero-order valence-electron chi connectivity index (χ0n) is 7.60. The molecule has 1 aromatic heterocycles. The summed E-state index contributed by atoms with van der Waals surface area (Å²) in [6, 6.07) is 6.01. The fourth-order valence-electron chi connectivity index (χ4n) is 0.794. The van der Waals surface area contributed by atoms with E-state index in [0.29, 0.717) is 6.54 Å². The Hall–Kier alpha value is -0.560. The summed E-state index contributed by atoms with van der Waals surface area (Å²) in [6.45, 7) is 4.39. The van der Waals surface area contributed by atoms with E-state index < -0.39 is 5.54 Å². The van der Waals surface area contributed by atoms with Gasteiger partial charge in [0.15, 0.2) is 0 Å². The summed E-state index contributed by atoms with van der Waals surface area (Å²) in [4.78, 5) is 1.15. The van der Waals surface area contributed by atoms with E-state index in [-0.39, 0.29) is 0 Å². The zero-order valence-corrected chi connectivity index (χ0v) is 9.17. The first-order valence-corrected chi connectivity index (χ1v) is 5.13. The van der Waals surface area contributed by atoms with Gasteiger partial charge in [0.2, 0.25) is 0 Å². The minimum Gasteiger partial charge on any atom is -0.295 e. The molecule has 1 rings (SSSR count). The molecule has 13 heavy (non-hydrogen) atoms. The van der Waals surface area contributed by atoms with Gasteiger partial charge in [-0.25, -0.2) is 0 Å². The Morgan fingerprint density at radius 2 is 2.31 bits per heavy atom. The van der Waals surface area contributed by atoms with Gasteiger partial charge in [-0.05, 0) is 26.0 Å². The van der Waals surface area contributed by atoms with Crippen molar-refractivity contribution in [1.29, 1.82) is 5.26 Å². The average Bonchev–Trinajstić information content (AvgIpc) is 2.48. The molecule has 0 saturated carbocycles. The van der Waals surface area contributed by atoms with E-state index in [1.807, 2.05) is 26.0 Å². The summed E-state index contributed by atoms with van der Waals surface area (Å²) >= 11 is 7.30. The largest absolute Gasteiger partial charge is 0.295 e. The van der Waals surface area contributed by atoms with Crippen LogP contribution in [0.5, 0.6) is 0 Å². The second-order valence-electron chi connectivity index (χ2n) is 3.30. The molecular formula is C9H11ClN2S. The fourth-order valence-corrected chi connectivity index (χ4v) is 1.82. The minimum atomic E-state index is -0.476. The smallest absolute Gasteiger partial charge is 0.101 e. The van der Waals surface area contributed by atoms with Gasteiger partial charge in [0, 0.05) is 11.4 Å². The highest BCUT2D eigenvalue weighted by molar-refractivity contribution is 7.16. The SMILES string of the molecule is CC(C)(C#N)NCc1ccc(Cl)s1. The zero-order chi connectivity index (χ0) is 9.90. The Balaban J connectivity index is 2.49. The van der Waals surface area contributed by atoms with Crippen molar-refractivity contribution < 1.29 is 0 Å². The molecule has 0 bridgehead atoms. The summed E-state index contributed by atoms with van der Waals surface area (Å²) in [7, 11) is 0. The van der Waals surface area contributed by atoms with Crippen molar-refractivity contribution in [3.8, 4) is 6.07 Å². The lowest BCUT2D eigenvalue weighted by molar-refractivity contribution is 0.488. The number of nitrogens with one attached hydrogen (secondary N) is 1. The predicted octanol–water partition coefficient (Wildman–Crippen LogP) is 2.79. The maximum Gasteiger partial charge on any atom is 0.101 e. The first kappa shape index (κ1) is 10.5. The molecule has 0 radical (unpaired) electrons. The molecule has 0 aliphatic heterocycles. The third kappa shape index (κ3) is 3.35. The number of nitrogens with zero attached hydrogens (tertiary/aromatic N) is 1. The Labute approximate surface area is 87.1 Å². The lowest BCUT2D eigenvalue weighted by Crippen LogP contribution is -2.36. The molecular weight excluding hydrogens is 204 g/mol. The number of rotatable bonds is 3. The number of hydrogen-bond donors (Lipinski definition) is 1. The molecule has 0 aromatic carbocycles. The monoisotopic (exact) mass is 214 g/mol. The highest BCUT2D eigenvalue weighted by Gasteiger charge is 2.15. The van der Waals surface area contributed by atoms with E-state index in [1.54, 1.807) is 0 Å². The van der Waals surface area contributed by atoms with Crippen molar-refractivity contribution in [2.24, 2.45) is 0 Å². The lowest BCUT2D eigenvalue weighted by Gasteiger charge is -2.16. The van der Waals surface area contributed by atoms with Crippen LogP contribution in [0.1, 0.15) is 18.7 Å². The van der Waals surface area contributed by atoms with Crippen molar-refractivity contribution in [3.05, 3.63) is 21.3 Å². The maximum absolute atomic E-state index is 8.74. The summed E-state index contributed by atoms with van der Waals surface area (Å²) in [6.07, 6.45) is 0. The third-order valence-electron chi connectivity index (χ3n) is 1.61. The molecule has 0 aliphatic rings. The molecule has 4 heteroatoms. The van der Waals surface area contributed by atoms with Crippen LogP contribution in [0.3, 0.4) is 0 Å². The second-order valence-corrected chi connectivity index (χ2v) is 5.10. The first-order valence-electron chi connectivity index (χ1n) is 3.94. The van der Waals surface area contributed by atoms with Gasteiger partial charge in [-0.3, -0.25) is 5.32 Å². The predicted molar refractivity (Wildman–Crippen MR) is 55.9 cm³/mol. The van der Waals surface area contributed by atoms with Crippen LogP contribution in [0, 0.1) is 11.3 Å². The van der Waals surface area contributed by atoms with Gasteiger partial charge in [-0.15, -0.1) is 11.3 Å². The minimum absolute atomic E-state index is 0.476. The Kier molecular flexibility index (Phi) is 3.32. The van der Waals surface area contributed by atoms with E-state index in [4.69, 9.17) is 16.9 Å². The first-order chi connectivity index (χ1) is 6.03. The Morgan fingerprint density at radius 3 is 2.77 bits per heavy atom. The standard InChI is InChI=1S/C9H11ClN2S/c1-9(2,6-11)12-5-7-3-4-8(10)13-7/h3-4,12H,5H2,1-2H3. The van der Waals surface area contributed by atoms with Crippen LogP contribution in [0.2, 0.25) is 4.34 Å². The molecule has 0 aliphatic carbocycles. The molecule has 1 N–H and O–H groups in total. The van der Waals surface area contributed by atoms with E-state index in [9.17, 15) is 0 Å². The van der Waals surface area contributed by atoms with Crippen LogP contribution in [-0.2, 0) is 6.54 Å². The normalized spacial score (nSPS) is 11.2.